The molecule has 0 saturated carbocycles. The number of non-ortho nitro benzene ring substituents is 1. The molecule has 1 N–H and O–H groups in total. The van der Waals surface area contributed by atoms with E-state index in [2.05, 4.69) is 24.4 Å². The molecule has 1 aliphatic carbocycles. The number of fused-ring (bicyclic) bond motifs is 1. The van der Waals surface area contributed by atoms with Crippen molar-refractivity contribution >= 4 is 18.1 Å². The average Bonchev–Trinajstić information content (AvgIpc) is 2.80. The molecule has 2 aromatic rings. The van der Waals surface area contributed by atoms with Crippen LogP contribution in [0.25, 0.3) is 0 Å². The van der Waals surface area contributed by atoms with Gasteiger partial charge in [0.05, 0.1) is 4.92 Å². The van der Waals surface area contributed by atoms with Crippen LogP contribution in [0, 0.1) is 16.0 Å². The van der Waals surface area contributed by atoms with Crippen molar-refractivity contribution in [1.82, 2.24) is 5.32 Å². The first-order valence-corrected chi connectivity index (χ1v) is 7.19. The van der Waals surface area contributed by atoms with Crippen molar-refractivity contribution < 1.29 is 4.92 Å². The largest absolute Gasteiger partial charge is 0.306 e. The Morgan fingerprint density at radius 3 is 2.64 bits per heavy atom. The van der Waals surface area contributed by atoms with Crippen molar-refractivity contribution in [2.24, 2.45) is 5.92 Å². The summed E-state index contributed by atoms with van der Waals surface area (Å²) in [7, 11) is 0. The number of nitro benzene ring substituents is 1. The zero-order valence-electron chi connectivity index (χ0n) is 12.4. The lowest BCUT2D eigenvalue weighted by Gasteiger charge is -2.18. The normalized spacial score (nSPS) is 19.3. The van der Waals surface area contributed by atoms with E-state index in [1.165, 1.54) is 11.1 Å². The number of nitro groups is 1. The van der Waals surface area contributed by atoms with E-state index in [9.17, 15) is 10.1 Å². The molecule has 0 aliphatic heterocycles. The van der Waals surface area contributed by atoms with E-state index in [0.717, 1.165) is 18.5 Å². The molecule has 0 radical (unpaired) electrons. The van der Waals surface area contributed by atoms with Crippen LogP contribution in [0.5, 0.6) is 0 Å². The molecule has 22 heavy (non-hydrogen) atoms. The Bertz CT molecular complexity index is 661. The second kappa shape index (κ2) is 6.90. The summed E-state index contributed by atoms with van der Waals surface area (Å²) in [6, 6.07) is 15.8. The average molecular weight is 319 g/mol. The summed E-state index contributed by atoms with van der Waals surface area (Å²) in [6.45, 7) is 3.00. The summed E-state index contributed by atoms with van der Waals surface area (Å²) in [5.74, 6) is 0.450. The molecule has 0 aromatic heterocycles. The fourth-order valence-corrected chi connectivity index (χ4v) is 3.09. The molecule has 2 unspecified atom stereocenters. The molecule has 0 spiro atoms. The third kappa shape index (κ3) is 3.29. The molecular formula is C17H19ClN2O2. The highest BCUT2D eigenvalue weighted by Crippen LogP contribution is 2.37. The van der Waals surface area contributed by atoms with E-state index in [1.54, 1.807) is 12.1 Å². The SMILES string of the molecule is CC1Cc2cc([N+](=O)[O-])ccc2C1NCc1ccccc1.Cl. The molecular weight excluding hydrogens is 300 g/mol. The van der Waals surface area contributed by atoms with Crippen LogP contribution in [0.3, 0.4) is 0 Å². The smallest absolute Gasteiger partial charge is 0.269 e. The zero-order valence-corrected chi connectivity index (χ0v) is 13.2. The molecule has 0 saturated heterocycles. The van der Waals surface area contributed by atoms with Crippen molar-refractivity contribution in [1.29, 1.82) is 0 Å². The van der Waals surface area contributed by atoms with Gasteiger partial charge in [0.2, 0.25) is 0 Å². The highest BCUT2D eigenvalue weighted by Gasteiger charge is 2.30. The Balaban J connectivity index is 0.00000176. The first kappa shape index (κ1) is 16.5. The zero-order chi connectivity index (χ0) is 14.8. The summed E-state index contributed by atoms with van der Waals surface area (Å²) in [4.78, 5) is 10.5. The first-order chi connectivity index (χ1) is 10.1. The lowest BCUT2D eigenvalue weighted by molar-refractivity contribution is -0.384. The van der Waals surface area contributed by atoms with Crippen molar-refractivity contribution in [3.63, 3.8) is 0 Å². The Labute approximate surface area is 136 Å². The topological polar surface area (TPSA) is 55.2 Å². The van der Waals surface area contributed by atoms with Gasteiger partial charge in [0.25, 0.3) is 5.69 Å². The molecule has 4 nitrogen and oxygen atoms in total. The predicted octanol–water partition coefficient (Wildman–Crippen LogP) is 4.04. The van der Waals surface area contributed by atoms with Gasteiger partial charge in [0.1, 0.15) is 0 Å². The highest BCUT2D eigenvalue weighted by atomic mass is 35.5. The van der Waals surface area contributed by atoms with Crippen molar-refractivity contribution in [2.45, 2.75) is 25.9 Å². The van der Waals surface area contributed by atoms with Crippen molar-refractivity contribution in [2.75, 3.05) is 0 Å². The number of benzene rings is 2. The number of rotatable bonds is 4. The minimum Gasteiger partial charge on any atom is -0.306 e. The Morgan fingerprint density at radius 1 is 1.23 bits per heavy atom. The van der Waals surface area contributed by atoms with Crippen LogP contribution < -0.4 is 5.32 Å². The minimum atomic E-state index is -0.324. The number of hydrogen-bond acceptors (Lipinski definition) is 3. The fourth-order valence-electron chi connectivity index (χ4n) is 3.09. The molecule has 0 heterocycles. The van der Waals surface area contributed by atoms with Gasteiger partial charge in [-0.3, -0.25) is 10.1 Å². The third-order valence-corrected chi connectivity index (χ3v) is 4.15. The highest BCUT2D eigenvalue weighted by molar-refractivity contribution is 5.85. The minimum absolute atomic E-state index is 0. The Hall–Kier alpha value is -1.91. The monoisotopic (exact) mass is 318 g/mol. The van der Waals surface area contributed by atoms with E-state index in [1.807, 2.05) is 24.3 Å². The van der Waals surface area contributed by atoms with Crippen LogP contribution in [-0.4, -0.2) is 4.92 Å². The van der Waals surface area contributed by atoms with E-state index in [-0.39, 0.29) is 29.1 Å². The van der Waals surface area contributed by atoms with Gasteiger partial charge in [0, 0.05) is 24.7 Å². The van der Waals surface area contributed by atoms with E-state index in [4.69, 9.17) is 0 Å². The standard InChI is InChI=1S/C17H18N2O2.ClH/c1-12-9-14-10-15(19(20)21)7-8-16(14)17(12)18-11-13-5-3-2-4-6-13;/h2-8,10,12,17-18H,9,11H2,1H3;1H. The maximum absolute atomic E-state index is 10.9. The fraction of sp³-hybridized carbons (Fsp3) is 0.294. The molecule has 116 valence electrons. The van der Waals surface area contributed by atoms with Gasteiger partial charge < -0.3 is 5.32 Å². The first-order valence-electron chi connectivity index (χ1n) is 7.19. The lowest BCUT2D eigenvalue weighted by atomic mass is 10.0. The number of hydrogen-bond donors (Lipinski definition) is 1. The second-order valence-corrected chi connectivity index (χ2v) is 5.67. The molecule has 0 fully saturated rings. The maximum Gasteiger partial charge on any atom is 0.269 e. The molecule has 2 atom stereocenters. The molecule has 0 amide bonds. The van der Waals surface area contributed by atoms with Gasteiger partial charge in [0.15, 0.2) is 0 Å². The van der Waals surface area contributed by atoms with E-state index >= 15 is 0 Å². The number of halogens is 1. The maximum atomic E-state index is 10.9. The van der Waals surface area contributed by atoms with Crippen LogP contribution in [0.4, 0.5) is 5.69 Å². The molecule has 3 rings (SSSR count). The summed E-state index contributed by atoms with van der Waals surface area (Å²) in [5.41, 5.74) is 3.73. The van der Waals surface area contributed by atoms with Crippen LogP contribution >= 0.6 is 12.4 Å². The van der Waals surface area contributed by atoms with E-state index < -0.39 is 0 Å². The number of nitrogens with one attached hydrogen (secondary N) is 1. The quantitative estimate of drug-likeness (QED) is 0.683. The summed E-state index contributed by atoms with van der Waals surface area (Å²) in [6.07, 6.45) is 0.892. The summed E-state index contributed by atoms with van der Waals surface area (Å²) >= 11 is 0. The van der Waals surface area contributed by atoms with E-state index in [0.29, 0.717) is 5.92 Å². The van der Waals surface area contributed by atoms with Crippen LogP contribution in [0.1, 0.15) is 29.7 Å². The van der Waals surface area contributed by atoms with Gasteiger partial charge in [-0.25, -0.2) is 0 Å². The Morgan fingerprint density at radius 2 is 1.95 bits per heavy atom. The van der Waals surface area contributed by atoms with Gasteiger partial charge in [-0.1, -0.05) is 43.3 Å². The van der Waals surface area contributed by atoms with Crippen LogP contribution in [-0.2, 0) is 13.0 Å². The van der Waals surface area contributed by atoms with Crippen molar-refractivity contribution in [3.05, 3.63) is 75.3 Å². The Kier molecular flexibility index (Phi) is 5.16. The number of nitrogens with zero attached hydrogens (tertiary/aromatic N) is 1. The lowest BCUT2D eigenvalue weighted by Crippen LogP contribution is -2.23. The predicted molar refractivity (Wildman–Crippen MR) is 89.2 cm³/mol. The van der Waals surface area contributed by atoms with Gasteiger partial charge in [-0.05, 0) is 29.0 Å². The van der Waals surface area contributed by atoms with Crippen LogP contribution in [0.15, 0.2) is 48.5 Å². The van der Waals surface area contributed by atoms with Gasteiger partial charge >= 0.3 is 0 Å². The third-order valence-electron chi connectivity index (χ3n) is 4.15. The molecule has 1 aliphatic rings. The molecule has 2 aromatic carbocycles. The van der Waals surface area contributed by atoms with Crippen molar-refractivity contribution in [3.8, 4) is 0 Å². The van der Waals surface area contributed by atoms with Gasteiger partial charge in [-0.15, -0.1) is 12.4 Å². The molecule has 5 heteroatoms. The second-order valence-electron chi connectivity index (χ2n) is 5.67. The molecule has 0 bridgehead atoms. The summed E-state index contributed by atoms with van der Waals surface area (Å²) < 4.78 is 0. The summed E-state index contributed by atoms with van der Waals surface area (Å²) in [5, 5.41) is 14.4. The van der Waals surface area contributed by atoms with Gasteiger partial charge in [-0.2, -0.15) is 0 Å². The van der Waals surface area contributed by atoms with Crippen LogP contribution in [0.2, 0.25) is 0 Å².